The van der Waals surface area contributed by atoms with E-state index >= 15 is 0 Å². The van der Waals surface area contributed by atoms with Gasteiger partial charge >= 0.3 is 0 Å². The molecule has 0 fully saturated rings. The van der Waals surface area contributed by atoms with Gasteiger partial charge in [0, 0.05) is 0 Å². The molecule has 0 aliphatic heterocycles. The molecule has 0 radical (unpaired) electrons. The highest BCUT2D eigenvalue weighted by Gasteiger charge is 2.13. The Morgan fingerprint density at radius 2 is 1.35 bits per heavy atom. The predicted octanol–water partition coefficient (Wildman–Crippen LogP) is 4.91. The van der Waals surface area contributed by atoms with Gasteiger partial charge in [0.1, 0.15) is 5.88 Å². The topological polar surface area (TPSA) is 0 Å². The van der Waals surface area contributed by atoms with E-state index in [1.54, 1.807) is 0 Å². The molecule has 0 aromatic rings. The van der Waals surface area contributed by atoms with Gasteiger partial charge in [0.25, 0.3) is 0 Å². The van der Waals surface area contributed by atoms with Crippen LogP contribution in [0.15, 0.2) is 0 Å². The molecule has 104 valence electrons. The Morgan fingerprint density at radius 3 is 2.00 bits per heavy atom. The van der Waals surface area contributed by atoms with Crippen molar-refractivity contribution in [2.75, 3.05) is 32.3 Å². The lowest BCUT2D eigenvalue weighted by molar-refractivity contribution is -0.877. The fourth-order valence-corrected chi connectivity index (χ4v) is 3.19. The molecule has 17 heavy (non-hydrogen) atoms. The standard InChI is InChI=1S/C15H34NS/c1-5-7-9-10-11-12-13-16(3,4)15-17-14-8-6-2/h5-15H2,1-4H3/q+1. The summed E-state index contributed by atoms with van der Waals surface area (Å²) in [6.07, 6.45) is 11.2. The molecule has 0 atom stereocenters. The van der Waals surface area contributed by atoms with Crippen molar-refractivity contribution < 1.29 is 4.48 Å². The zero-order valence-electron chi connectivity index (χ0n) is 12.6. The number of quaternary nitrogens is 1. The summed E-state index contributed by atoms with van der Waals surface area (Å²) >= 11 is 2.13. The molecular formula is C15H34NS+. The Bertz CT molecular complexity index is 157. The van der Waals surface area contributed by atoms with E-state index in [9.17, 15) is 0 Å². The zero-order valence-corrected chi connectivity index (χ0v) is 13.5. The number of hydrogen-bond donors (Lipinski definition) is 0. The fourth-order valence-electron chi connectivity index (χ4n) is 1.94. The Hall–Kier alpha value is 0.310. The fraction of sp³-hybridized carbons (Fsp3) is 1.00. The molecule has 0 bridgehead atoms. The molecule has 0 unspecified atom stereocenters. The van der Waals surface area contributed by atoms with Crippen molar-refractivity contribution in [1.82, 2.24) is 0 Å². The molecule has 0 amide bonds. The van der Waals surface area contributed by atoms with E-state index in [2.05, 4.69) is 39.7 Å². The lowest BCUT2D eigenvalue weighted by Gasteiger charge is -2.29. The number of unbranched alkanes of at least 4 members (excludes halogenated alkanes) is 6. The van der Waals surface area contributed by atoms with Gasteiger partial charge in [0.05, 0.1) is 20.6 Å². The quantitative estimate of drug-likeness (QED) is 0.273. The van der Waals surface area contributed by atoms with Crippen molar-refractivity contribution in [3.63, 3.8) is 0 Å². The molecule has 0 aliphatic carbocycles. The summed E-state index contributed by atoms with van der Waals surface area (Å²) in [5.74, 6) is 2.63. The maximum absolute atomic E-state index is 2.38. The Labute approximate surface area is 114 Å². The molecule has 0 heterocycles. The van der Waals surface area contributed by atoms with Gasteiger partial charge in [0.15, 0.2) is 0 Å². The normalized spacial score (nSPS) is 12.0. The number of rotatable bonds is 12. The van der Waals surface area contributed by atoms with E-state index in [4.69, 9.17) is 0 Å². The summed E-state index contributed by atoms with van der Waals surface area (Å²) in [6, 6.07) is 0. The van der Waals surface area contributed by atoms with E-state index in [-0.39, 0.29) is 0 Å². The van der Waals surface area contributed by atoms with Crippen LogP contribution in [0.1, 0.15) is 65.2 Å². The molecule has 0 rings (SSSR count). The maximum Gasteiger partial charge on any atom is 0.125 e. The largest absolute Gasteiger partial charge is 0.320 e. The summed E-state index contributed by atoms with van der Waals surface area (Å²) in [6.45, 7) is 5.91. The van der Waals surface area contributed by atoms with Crippen LogP contribution in [-0.2, 0) is 0 Å². The molecule has 0 N–H and O–H groups in total. The Balaban J connectivity index is 3.37. The summed E-state index contributed by atoms with van der Waals surface area (Å²) in [5.41, 5.74) is 0. The molecule has 1 nitrogen and oxygen atoms in total. The van der Waals surface area contributed by atoms with Crippen molar-refractivity contribution in [3.05, 3.63) is 0 Å². The van der Waals surface area contributed by atoms with Crippen LogP contribution in [0.5, 0.6) is 0 Å². The molecular weight excluding hydrogens is 226 g/mol. The average molecular weight is 261 g/mol. The van der Waals surface area contributed by atoms with Gasteiger partial charge in [-0.1, -0.05) is 46.0 Å². The Morgan fingerprint density at radius 1 is 0.765 bits per heavy atom. The SMILES string of the molecule is CCCCCCCC[N+](C)(C)CSCCCC. The first-order valence-electron chi connectivity index (χ1n) is 7.52. The lowest BCUT2D eigenvalue weighted by atomic mass is 10.1. The summed E-state index contributed by atoms with van der Waals surface area (Å²) in [7, 11) is 4.76. The van der Waals surface area contributed by atoms with Crippen LogP contribution in [-0.4, -0.2) is 36.8 Å². The maximum atomic E-state index is 2.38. The number of nitrogens with zero attached hydrogens (tertiary/aromatic N) is 1. The first kappa shape index (κ1) is 17.3. The monoisotopic (exact) mass is 260 g/mol. The van der Waals surface area contributed by atoms with Crippen LogP contribution in [0.3, 0.4) is 0 Å². The highest BCUT2D eigenvalue weighted by molar-refractivity contribution is 7.99. The number of hydrogen-bond acceptors (Lipinski definition) is 1. The van der Waals surface area contributed by atoms with Gasteiger partial charge in [-0.05, 0) is 25.0 Å². The summed E-state index contributed by atoms with van der Waals surface area (Å²) in [5, 5.41) is 0. The molecule has 0 saturated carbocycles. The van der Waals surface area contributed by atoms with Gasteiger partial charge in [-0.15, -0.1) is 11.8 Å². The van der Waals surface area contributed by atoms with Gasteiger partial charge in [-0.3, -0.25) is 0 Å². The Kier molecular flexibility index (Phi) is 11.6. The lowest BCUT2D eigenvalue weighted by Crippen LogP contribution is -2.40. The minimum Gasteiger partial charge on any atom is -0.320 e. The molecule has 0 saturated heterocycles. The number of thioether (sulfide) groups is 1. The van der Waals surface area contributed by atoms with Gasteiger partial charge in [-0.2, -0.15) is 0 Å². The van der Waals surface area contributed by atoms with Crippen LogP contribution in [0.4, 0.5) is 0 Å². The van der Waals surface area contributed by atoms with Crippen molar-refractivity contribution in [3.8, 4) is 0 Å². The van der Waals surface area contributed by atoms with Crippen molar-refractivity contribution in [2.24, 2.45) is 0 Å². The van der Waals surface area contributed by atoms with Crippen molar-refractivity contribution in [2.45, 2.75) is 65.2 Å². The van der Waals surface area contributed by atoms with E-state index in [1.807, 2.05) is 0 Å². The molecule has 0 spiro atoms. The zero-order chi connectivity index (χ0) is 13.0. The van der Waals surface area contributed by atoms with Crippen LogP contribution in [0.25, 0.3) is 0 Å². The average Bonchev–Trinajstić information content (AvgIpc) is 2.29. The van der Waals surface area contributed by atoms with Crippen molar-refractivity contribution >= 4 is 11.8 Å². The van der Waals surface area contributed by atoms with Gasteiger partial charge in [-0.25, -0.2) is 0 Å². The van der Waals surface area contributed by atoms with E-state index < -0.39 is 0 Å². The van der Waals surface area contributed by atoms with Crippen LogP contribution < -0.4 is 0 Å². The molecule has 2 heteroatoms. The van der Waals surface area contributed by atoms with Crippen LogP contribution >= 0.6 is 11.8 Å². The second kappa shape index (κ2) is 11.4. The minimum absolute atomic E-state index is 1.20. The van der Waals surface area contributed by atoms with E-state index in [0.29, 0.717) is 0 Å². The van der Waals surface area contributed by atoms with Crippen LogP contribution in [0, 0.1) is 0 Å². The van der Waals surface area contributed by atoms with Gasteiger partial charge in [0.2, 0.25) is 0 Å². The van der Waals surface area contributed by atoms with Gasteiger partial charge < -0.3 is 4.48 Å². The van der Waals surface area contributed by atoms with Crippen molar-refractivity contribution in [1.29, 1.82) is 0 Å². The predicted molar refractivity (Wildman–Crippen MR) is 82.6 cm³/mol. The second-order valence-corrected chi connectivity index (χ2v) is 6.89. The summed E-state index contributed by atoms with van der Waals surface area (Å²) < 4.78 is 1.20. The third-order valence-electron chi connectivity index (χ3n) is 3.20. The summed E-state index contributed by atoms with van der Waals surface area (Å²) in [4.78, 5) is 0. The third-order valence-corrected chi connectivity index (χ3v) is 4.66. The van der Waals surface area contributed by atoms with Crippen LogP contribution in [0.2, 0.25) is 0 Å². The first-order valence-corrected chi connectivity index (χ1v) is 8.67. The third kappa shape index (κ3) is 12.6. The minimum atomic E-state index is 1.20. The molecule has 0 aromatic carbocycles. The smallest absolute Gasteiger partial charge is 0.125 e. The molecule has 0 aromatic heterocycles. The molecule has 0 aliphatic rings. The van der Waals surface area contributed by atoms with E-state index in [1.165, 1.54) is 74.0 Å². The second-order valence-electron chi connectivity index (χ2n) is 5.82. The van der Waals surface area contributed by atoms with E-state index in [0.717, 1.165) is 0 Å². The highest BCUT2D eigenvalue weighted by atomic mass is 32.2. The first-order chi connectivity index (χ1) is 8.12. The highest BCUT2D eigenvalue weighted by Crippen LogP contribution is 2.13.